The Bertz CT molecular complexity index is 649. The van der Waals surface area contributed by atoms with Gasteiger partial charge < -0.3 is 9.47 Å². The zero-order valence-corrected chi connectivity index (χ0v) is 14.6. The lowest BCUT2D eigenvalue weighted by atomic mass is 10.1. The second kappa shape index (κ2) is 9.88. The summed E-state index contributed by atoms with van der Waals surface area (Å²) in [5.41, 5.74) is 0. The molecule has 1 aromatic heterocycles. The summed E-state index contributed by atoms with van der Waals surface area (Å²) in [6.45, 7) is 2.16. The minimum Gasteiger partial charge on any atom is -0.426 e. The number of hydrogen-bond donors (Lipinski definition) is 0. The van der Waals surface area contributed by atoms with E-state index < -0.39 is 5.97 Å². The van der Waals surface area contributed by atoms with E-state index in [1.54, 1.807) is 36.4 Å². The molecule has 5 heteroatoms. The Kier molecular flexibility index (Phi) is 7.49. The van der Waals surface area contributed by atoms with E-state index in [2.05, 4.69) is 6.92 Å². The SMILES string of the molecule is CCCCCCCC(=O)Oc1cccc(OC(=O)c2cccs2)c1. The molecule has 0 saturated carbocycles. The zero-order chi connectivity index (χ0) is 17.2. The van der Waals surface area contributed by atoms with E-state index in [-0.39, 0.29) is 5.97 Å². The van der Waals surface area contributed by atoms with E-state index >= 15 is 0 Å². The Morgan fingerprint density at radius 3 is 2.42 bits per heavy atom. The lowest BCUT2D eigenvalue weighted by molar-refractivity contribution is -0.134. The molecule has 0 N–H and O–H groups in total. The van der Waals surface area contributed by atoms with Gasteiger partial charge in [-0.25, -0.2) is 4.79 Å². The Balaban J connectivity index is 1.81. The van der Waals surface area contributed by atoms with Crippen LogP contribution >= 0.6 is 11.3 Å². The molecule has 2 rings (SSSR count). The molecular weight excluding hydrogens is 324 g/mol. The summed E-state index contributed by atoms with van der Waals surface area (Å²) in [6.07, 6.45) is 5.82. The summed E-state index contributed by atoms with van der Waals surface area (Å²) in [6, 6.07) is 10.1. The normalized spacial score (nSPS) is 10.4. The first-order valence-corrected chi connectivity index (χ1v) is 9.13. The van der Waals surface area contributed by atoms with E-state index in [1.807, 2.05) is 5.38 Å². The Morgan fingerprint density at radius 2 is 1.71 bits per heavy atom. The molecule has 0 radical (unpaired) electrons. The molecule has 128 valence electrons. The van der Waals surface area contributed by atoms with Gasteiger partial charge in [0.15, 0.2) is 0 Å². The van der Waals surface area contributed by atoms with Gasteiger partial charge in [0.05, 0.1) is 0 Å². The van der Waals surface area contributed by atoms with Crippen LogP contribution in [0, 0.1) is 0 Å². The van der Waals surface area contributed by atoms with Crippen LogP contribution in [0.25, 0.3) is 0 Å². The highest BCUT2D eigenvalue weighted by molar-refractivity contribution is 7.12. The summed E-state index contributed by atoms with van der Waals surface area (Å²) in [5.74, 6) is 0.0873. The number of carbonyl (C=O) groups excluding carboxylic acids is 2. The molecule has 24 heavy (non-hydrogen) atoms. The predicted octanol–water partition coefficient (Wildman–Crippen LogP) is 5.23. The fraction of sp³-hybridized carbons (Fsp3) is 0.368. The van der Waals surface area contributed by atoms with Gasteiger partial charge in [0.1, 0.15) is 16.4 Å². The monoisotopic (exact) mass is 346 g/mol. The molecule has 0 bridgehead atoms. The molecule has 0 spiro atoms. The van der Waals surface area contributed by atoms with Crippen molar-refractivity contribution >= 4 is 23.3 Å². The number of ether oxygens (including phenoxy) is 2. The van der Waals surface area contributed by atoms with Gasteiger partial charge in [-0.3, -0.25) is 4.79 Å². The van der Waals surface area contributed by atoms with Gasteiger partial charge >= 0.3 is 11.9 Å². The first kappa shape index (κ1) is 18.2. The average Bonchev–Trinajstić information content (AvgIpc) is 3.09. The van der Waals surface area contributed by atoms with Crippen LogP contribution in [0.1, 0.15) is 55.1 Å². The first-order valence-electron chi connectivity index (χ1n) is 8.25. The first-order chi connectivity index (χ1) is 11.7. The Hall–Kier alpha value is -2.14. The van der Waals surface area contributed by atoms with E-state index in [1.165, 1.54) is 24.2 Å². The predicted molar refractivity (Wildman–Crippen MR) is 94.7 cm³/mol. The molecule has 0 aliphatic rings. The van der Waals surface area contributed by atoms with E-state index in [9.17, 15) is 9.59 Å². The third-order valence-electron chi connectivity index (χ3n) is 3.45. The van der Waals surface area contributed by atoms with Crippen molar-refractivity contribution in [3.8, 4) is 11.5 Å². The van der Waals surface area contributed by atoms with Crippen LogP contribution in [0.15, 0.2) is 41.8 Å². The van der Waals surface area contributed by atoms with Crippen LogP contribution in [0.5, 0.6) is 11.5 Å². The molecule has 0 saturated heterocycles. The fourth-order valence-corrected chi connectivity index (χ4v) is 2.81. The van der Waals surface area contributed by atoms with Crippen molar-refractivity contribution in [1.82, 2.24) is 0 Å². The molecule has 2 aromatic rings. The summed E-state index contributed by atoms with van der Waals surface area (Å²) in [7, 11) is 0. The maximum atomic E-state index is 11.9. The number of hydrogen-bond acceptors (Lipinski definition) is 5. The topological polar surface area (TPSA) is 52.6 Å². The Morgan fingerprint density at radius 1 is 0.958 bits per heavy atom. The number of benzene rings is 1. The van der Waals surface area contributed by atoms with Gasteiger partial charge in [-0.15, -0.1) is 11.3 Å². The third-order valence-corrected chi connectivity index (χ3v) is 4.30. The van der Waals surface area contributed by atoms with Crippen LogP contribution in [0.3, 0.4) is 0 Å². The Labute approximate surface area is 146 Å². The van der Waals surface area contributed by atoms with Gasteiger partial charge in [-0.2, -0.15) is 0 Å². The molecule has 0 amide bonds. The maximum Gasteiger partial charge on any atom is 0.353 e. The minimum absolute atomic E-state index is 0.256. The summed E-state index contributed by atoms with van der Waals surface area (Å²) in [4.78, 5) is 24.3. The van der Waals surface area contributed by atoms with Crippen molar-refractivity contribution in [3.63, 3.8) is 0 Å². The number of unbranched alkanes of at least 4 members (excludes halogenated alkanes) is 4. The molecule has 1 heterocycles. The average molecular weight is 346 g/mol. The standard InChI is InChI=1S/C19H22O4S/c1-2-3-4-5-6-12-18(20)22-15-9-7-10-16(14-15)23-19(21)17-11-8-13-24-17/h7-11,13-14H,2-6,12H2,1H3. The van der Waals surface area contributed by atoms with Crippen LogP contribution < -0.4 is 9.47 Å². The third kappa shape index (κ3) is 6.16. The fourth-order valence-electron chi connectivity index (χ4n) is 2.21. The van der Waals surface area contributed by atoms with Crippen LogP contribution in [0.2, 0.25) is 0 Å². The highest BCUT2D eigenvalue weighted by atomic mass is 32.1. The molecular formula is C19H22O4S. The van der Waals surface area contributed by atoms with Crippen molar-refractivity contribution in [3.05, 3.63) is 46.7 Å². The maximum absolute atomic E-state index is 11.9. The molecule has 0 unspecified atom stereocenters. The van der Waals surface area contributed by atoms with E-state index in [0.29, 0.717) is 22.8 Å². The summed E-state index contributed by atoms with van der Waals surface area (Å²) >= 11 is 1.32. The lowest BCUT2D eigenvalue weighted by Gasteiger charge is -2.07. The highest BCUT2D eigenvalue weighted by Crippen LogP contribution is 2.22. The second-order valence-electron chi connectivity index (χ2n) is 5.48. The van der Waals surface area contributed by atoms with Gasteiger partial charge in [-0.1, -0.05) is 44.7 Å². The van der Waals surface area contributed by atoms with Gasteiger partial charge in [0.2, 0.25) is 0 Å². The number of thiophene rings is 1. The van der Waals surface area contributed by atoms with Crippen molar-refractivity contribution < 1.29 is 19.1 Å². The molecule has 1 aromatic carbocycles. The molecule has 4 nitrogen and oxygen atoms in total. The van der Waals surface area contributed by atoms with E-state index in [0.717, 1.165) is 19.3 Å². The van der Waals surface area contributed by atoms with Crippen LogP contribution in [0.4, 0.5) is 0 Å². The largest absolute Gasteiger partial charge is 0.426 e. The highest BCUT2D eigenvalue weighted by Gasteiger charge is 2.11. The molecule has 0 aliphatic carbocycles. The summed E-state index contributed by atoms with van der Waals surface area (Å²) in [5, 5.41) is 1.81. The second-order valence-corrected chi connectivity index (χ2v) is 6.43. The molecule has 0 atom stereocenters. The van der Waals surface area contributed by atoms with Crippen molar-refractivity contribution in [2.75, 3.05) is 0 Å². The van der Waals surface area contributed by atoms with Crippen LogP contribution in [-0.2, 0) is 4.79 Å². The van der Waals surface area contributed by atoms with Gasteiger partial charge in [0, 0.05) is 12.5 Å². The number of rotatable bonds is 9. The number of carbonyl (C=O) groups is 2. The smallest absolute Gasteiger partial charge is 0.353 e. The van der Waals surface area contributed by atoms with Gasteiger partial charge in [0.25, 0.3) is 0 Å². The summed E-state index contributed by atoms with van der Waals surface area (Å²) < 4.78 is 10.6. The van der Waals surface area contributed by atoms with E-state index in [4.69, 9.17) is 9.47 Å². The molecule has 0 aliphatic heterocycles. The number of esters is 2. The zero-order valence-electron chi connectivity index (χ0n) is 13.8. The quantitative estimate of drug-likeness (QED) is 0.354. The van der Waals surface area contributed by atoms with Crippen molar-refractivity contribution in [2.45, 2.75) is 45.4 Å². The van der Waals surface area contributed by atoms with Gasteiger partial charge in [-0.05, 0) is 30.0 Å². The lowest BCUT2D eigenvalue weighted by Crippen LogP contribution is -2.09. The van der Waals surface area contributed by atoms with Crippen molar-refractivity contribution in [2.24, 2.45) is 0 Å². The molecule has 0 fully saturated rings. The van der Waals surface area contributed by atoms with Crippen molar-refractivity contribution in [1.29, 1.82) is 0 Å². The van der Waals surface area contributed by atoms with Crippen LogP contribution in [-0.4, -0.2) is 11.9 Å². The minimum atomic E-state index is -0.413.